The average molecular weight is 328 g/mol. The van der Waals surface area contributed by atoms with Crippen molar-refractivity contribution in [2.75, 3.05) is 13.7 Å². The number of urea groups is 1. The van der Waals surface area contributed by atoms with Gasteiger partial charge in [0.2, 0.25) is 0 Å². The number of nitrogens with one attached hydrogen (secondary N) is 1. The van der Waals surface area contributed by atoms with E-state index in [0.29, 0.717) is 19.1 Å². The molecule has 1 aromatic rings. The van der Waals surface area contributed by atoms with Gasteiger partial charge in [0.1, 0.15) is 5.54 Å². The second-order valence-electron chi connectivity index (χ2n) is 6.00. The van der Waals surface area contributed by atoms with E-state index < -0.39 is 5.54 Å². The zero-order valence-corrected chi connectivity index (χ0v) is 13.6. The van der Waals surface area contributed by atoms with E-state index in [1.54, 1.807) is 0 Å². The number of hydrogen-bond donors (Lipinski definition) is 1. The van der Waals surface area contributed by atoms with E-state index in [1.807, 2.05) is 31.0 Å². The SMILES string of the molecule is CN(Cc1ccc(Cl)s1)CN1C(=O)NC(C)(C2CC2)C1=O. The van der Waals surface area contributed by atoms with Crippen LogP contribution >= 0.6 is 22.9 Å². The summed E-state index contributed by atoms with van der Waals surface area (Å²) in [6.07, 6.45) is 2.03. The van der Waals surface area contributed by atoms with Crippen molar-refractivity contribution in [3.8, 4) is 0 Å². The maximum absolute atomic E-state index is 12.5. The zero-order chi connectivity index (χ0) is 15.2. The zero-order valence-electron chi connectivity index (χ0n) is 12.1. The summed E-state index contributed by atoms with van der Waals surface area (Å²) in [6.45, 7) is 2.79. The molecular weight excluding hydrogens is 310 g/mol. The third-order valence-corrected chi connectivity index (χ3v) is 5.35. The topological polar surface area (TPSA) is 52.6 Å². The Kier molecular flexibility index (Phi) is 3.71. The lowest BCUT2D eigenvalue weighted by Crippen LogP contribution is -2.46. The predicted molar refractivity (Wildman–Crippen MR) is 82.2 cm³/mol. The number of thiophene rings is 1. The van der Waals surface area contributed by atoms with Crippen molar-refractivity contribution in [1.29, 1.82) is 0 Å². The summed E-state index contributed by atoms with van der Waals surface area (Å²) in [6, 6.07) is 3.53. The Morgan fingerprint density at radius 3 is 2.76 bits per heavy atom. The van der Waals surface area contributed by atoms with Crippen LogP contribution in [0.25, 0.3) is 0 Å². The molecule has 1 saturated heterocycles. The van der Waals surface area contributed by atoms with Gasteiger partial charge in [0.05, 0.1) is 11.0 Å². The first-order valence-electron chi connectivity index (χ1n) is 6.97. The number of rotatable bonds is 5. The molecule has 1 aliphatic carbocycles. The Labute approximate surface area is 132 Å². The highest BCUT2D eigenvalue weighted by molar-refractivity contribution is 7.16. The van der Waals surface area contributed by atoms with Crippen molar-refractivity contribution in [3.05, 3.63) is 21.3 Å². The number of amides is 3. The molecule has 0 aromatic carbocycles. The molecule has 7 heteroatoms. The molecule has 1 N–H and O–H groups in total. The molecule has 21 heavy (non-hydrogen) atoms. The summed E-state index contributed by atoms with van der Waals surface area (Å²) in [5, 5.41) is 2.86. The first kappa shape index (κ1) is 14.8. The Morgan fingerprint density at radius 2 is 2.19 bits per heavy atom. The van der Waals surface area contributed by atoms with Gasteiger partial charge in [0, 0.05) is 11.4 Å². The number of nitrogens with zero attached hydrogens (tertiary/aromatic N) is 2. The fraction of sp³-hybridized carbons (Fsp3) is 0.571. The molecule has 1 atom stereocenters. The number of imide groups is 1. The van der Waals surface area contributed by atoms with Gasteiger partial charge in [0.25, 0.3) is 5.91 Å². The standard InChI is InChI=1S/C14H18ClN3O2S/c1-14(9-3-4-9)12(19)18(13(20)16-14)8-17(2)7-10-5-6-11(15)21-10/h5-6,9H,3-4,7-8H2,1-2H3,(H,16,20). The largest absolute Gasteiger partial charge is 0.326 e. The molecule has 114 valence electrons. The third-order valence-electron chi connectivity index (χ3n) is 4.13. The van der Waals surface area contributed by atoms with Crippen LogP contribution in [0, 0.1) is 5.92 Å². The molecule has 1 unspecified atom stereocenters. The lowest BCUT2D eigenvalue weighted by molar-refractivity contribution is -0.132. The fourth-order valence-corrected chi connectivity index (χ4v) is 3.94. The van der Waals surface area contributed by atoms with Crippen molar-refractivity contribution >= 4 is 34.9 Å². The summed E-state index contributed by atoms with van der Waals surface area (Å²) in [5.74, 6) is 0.187. The Bertz CT molecular complexity index is 587. The van der Waals surface area contributed by atoms with Crippen LogP contribution < -0.4 is 5.32 Å². The normalized spacial score (nSPS) is 25.8. The maximum atomic E-state index is 12.5. The maximum Gasteiger partial charge on any atom is 0.326 e. The molecule has 0 radical (unpaired) electrons. The summed E-state index contributed by atoms with van der Waals surface area (Å²) in [4.78, 5) is 28.9. The highest BCUT2D eigenvalue weighted by atomic mass is 35.5. The van der Waals surface area contributed by atoms with Crippen LogP contribution in [0.2, 0.25) is 4.34 Å². The molecular formula is C14H18ClN3O2S. The van der Waals surface area contributed by atoms with Crippen LogP contribution in [0.3, 0.4) is 0 Å². The number of carbonyl (C=O) groups is 2. The van der Waals surface area contributed by atoms with E-state index in [0.717, 1.165) is 22.1 Å². The molecule has 2 aliphatic rings. The van der Waals surface area contributed by atoms with E-state index in [-0.39, 0.29) is 11.9 Å². The fourth-order valence-electron chi connectivity index (χ4n) is 2.78. The number of hydrogen-bond acceptors (Lipinski definition) is 4. The Balaban J connectivity index is 1.64. The number of halogens is 1. The smallest absolute Gasteiger partial charge is 0.323 e. The van der Waals surface area contributed by atoms with E-state index in [4.69, 9.17) is 11.6 Å². The van der Waals surface area contributed by atoms with Gasteiger partial charge in [-0.3, -0.25) is 9.69 Å². The second-order valence-corrected chi connectivity index (χ2v) is 7.80. The van der Waals surface area contributed by atoms with Gasteiger partial charge < -0.3 is 5.32 Å². The summed E-state index contributed by atoms with van der Waals surface area (Å²) >= 11 is 7.42. The van der Waals surface area contributed by atoms with Crippen LogP contribution in [-0.4, -0.2) is 41.0 Å². The highest BCUT2D eigenvalue weighted by Crippen LogP contribution is 2.42. The monoisotopic (exact) mass is 327 g/mol. The lowest BCUT2D eigenvalue weighted by atomic mass is 9.96. The molecule has 0 spiro atoms. The van der Waals surface area contributed by atoms with Crippen molar-refractivity contribution in [1.82, 2.24) is 15.1 Å². The van der Waals surface area contributed by atoms with Crippen molar-refractivity contribution in [2.24, 2.45) is 5.92 Å². The molecule has 2 heterocycles. The second kappa shape index (κ2) is 5.26. The van der Waals surface area contributed by atoms with E-state index in [9.17, 15) is 9.59 Å². The van der Waals surface area contributed by atoms with E-state index in [1.165, 1.54) is 16.2 Å². The summed E-state index contributed by atoms with van der Waals surface area (Å²) in [5.41, 5.74) is -0.704. The Morgan fingerprint density at radius 1 is 1.48 bits per heavy atom. The van der Waals surface area contributed by atoms with E-state index >= 15 is 0 Å². The van der Waals surface area contributed by atoms with Gasteiger partial charge in [-0.05, 0) is 44.9 Å². The predicted octanol–water partition coefficient (Wildman–Crippen LogP) is 2.51. The summed E-state index contributed by atoms with van der Waals surface area (Å²) < 4.78 is 0.745. The third kappa shape index (κ3) is 2.80. The summed E-state index contributed by atoms with van der Waals surface area (Å²) in [7, 11) is 1.89. The molecule has 1 aromatic heterocycles. The van der Waals surface area contributed by atoms with Crippen molar-refractivity contribution in [3.63, 3.8) is 0 Å². The van der Waals surface area contributed by atoms with Crippen molar-refractivity contribution in [2.45, 2.75) is 31.8 Å². The van der Waals surface area contributed by atoms with Crippen LogP contribution in [0.1, 0.15) is 24.6 Å². The molecule has 1 aliphatic heterocycles. The van der Waals surface area contributed by atoms with Gasteiger partial charge >= 0.3 is 6.03 Å². The molecule has 5 nitrogen and oxygen atoms in total. The average Bonchev–Trinajstić information content (AvgIpc) is 3.16. The van der Waals surface area contributed by atoms with Gasteiger partial charge in [-0.25, -0.2) is 9.69 Å². The van der Waals surface area contributed by atoms with Crippen LogP contribution in [-0.2, 0) is 11.3 Å². The minimum Gasteiger partial charge on any atom is -0.323 e. The molecule has 3 amide bonds. The minimum absolute atomic E-state index is 0.105. The molecule has 2 fully saturated rings. The lowest BCUT2D eigenvalue weighted by Gasteiger charge is -2.24. The first-order valence-corrected chi connectivity index (χ1v) is 8.16. The molecule has 3 rings (SSSR count). The minimum atomic E-state index is -0.704. The molecule has 1 saturated carbocycles. The van der Waals surface area contributed by atoms with Gasteiger partial charge in [-0.2, -0.15) is 0 Å². The van der Waals surface area contributed by atoms with Crippen molar-refractivity contribution < 1.29 is 9.59 Å². The highest BCUT2D eigenvalue weighted by Gasteiger charge is 2.56. The van der Waals surface area contributed by atoms with Crippen LogP contribution in [0.4, 0.5) is 4.79 Å². The Hall–Kier alpha value is -1.11. The quantitative estimate of drug-likeness (QED) is 0.845. The van der Waals surface area contributed by atoms with Crippen LogP contribution in [0.15, 0.2) is 12.1 Å². The molecule has 0 bridgehead atoms. The van der Waals surface area contributed by atoms with Gasteiger partial charge in [-0.1, -0.05) is 11.6 Å². The van der Waals surface area contributed by atoms with Gasteiger partial charge in [0.15, 0.2) is 0 Å². The van der Waals surface area contributed by atoms with E-state index in [2.05, 4.69) is 5.32 Å². The van der Waals surface area contributed by atoms with Crippen LogP contribution in [0.5, 0.6) is 0 Å². The van der Waals surface area contributed by atoms with Gasteiger partial charge in [-0.15, -0.1) is 11.3 Å². The number of carbonyl (C=O) groups excluding carboxylic acids is 2. The first-order chi connectivity index (χ1) is 9.90.